The van der Waals surface area contributed by atoms with Gasteiger partial charge in [-0.1, -0.05) is 26.0 Å². The van der Waals surface area contributed by atoms with Gasteiger partial charge in [0.05, 0.1) is 0 Å². The Morgan fingerprint density at radius 1 is 1.29 bits per heavy atom. The zero-order chi connectivity index (χ0) is 12.4. The lowest BCUT2D eigenvalue weighted by Gasteiger charge is -2.25. The fourth-order valence-corrected chi connectivity index (χ4v) is 2.74. The molecule has 2 heteroatoms. The van der Waals surface area contributed by atoms with Crippen molar-refractivity contribution in [3.05, 3.63) is 29.8 Å². The van der Waals surface area contributed by atoms with Crippen LogP contribution in [0, 0.1) is 11.8 Å². The van der Waals surface area contributed by atoms with Crippen LogP contribution in [-0.2, 0) is 0 Å². The van der Waals surface area contributed by atoms with E-state index in [1.54, 1.807) is 0 Å². The standard InChI is InChI=1S/C15H24N2/c1-11(2)14-7-8-17(10-14)12(3)13-5-4-6-15(16)9-13/h4-6,9,11-12,14H,7-8,10,16H2,1-3H3. The summed E-state index contributed by atoms with van der Waals surface area (Å²) in [4.78, 5) is 2.58. The molecule has 2 unspecified atom stereocenters. The molecule has 2 rings (SSSR count). The molecule has 0 radical (unpaired) electrons. The average molecular weight is 232 g/mol. The molecule has 0 aliphatic carbocycles. The van der Waals surface area contributed by atoms with E-state index in [1.165, 1.54) is 25.1 Å². The maximum atomic E-state index is 5.85. The van der Waals surface area contributed by atoms with Crippen LogP contribution in [0.5, 0.6) is 0 Å². The van der Waals surface area contributed by atoms with Gasteiger partial charge in [-0.3, -0.25) is 4.90 Å². The summed E-state index contributed by atoms with van der Waals surface area (Å²) in [6, 6.07) is 8.79. The Kier molecular flexibility index (Phi) is 3.72. The first-order chi connectivity index (χ1) is 8.08. The lowest BCUT2D eigenvalue weighted by Crippen LogP contribution is -2.25. The van der Waals surface area contributed by atoms with Crippen LogP contribution in [0.15, 0.2) is 24.3 Å². The average Bonchev–Trinajstić information content (AvgIpc) is 2.77. The van der Waals surface area contributed by atoms with Crippen molar-refractivity contribution in [3.8, 4) is 0 Å². The molecule has 1 saturated heterocycles. The van der Waals surface area contributed by atoms with Crippen LogP contribution in [0.4, 0.5) is 5.69 Å². The largest absolute Gasteiger partial charge is 0.399 e. The highest BCUT2D eigenvalue weighted by Crippen LogP contribution is 2.31. The van der Waals surface area contributed by atoms with Crippen molar-refractivity contribution in [2.45, 2.75) is 33.2 Å². The SMILES string of the molecule is CC(C)C1CCN(C(C)c2cccc(N)c2)C1. The number of nitrogens with two attached hydrogens (primary N) is 1. The maximum absolute atomic E-state index is 5.85. The maximum Gasteiger partial charge on any atom is 0.0320 e. The second kappa shape index (κ2) is 5.09. The molecule has 1 aromatic carbocycles. The quantitative estimate of drug-likeness (QED) is 0.810. The Morgan fingerprint density at radius 3 is 2.65 bits per heavy atom. The van der Waals surface area contributed by atoms with Gasteiger partial charge in [-0.15, -0.1) is 0 Å². The molecule has 94 valence electrons. The topological polar surface area (TPSA) is 29.3 Å². The molecule has 0 amide bonds. The van der Waals surface area contributed by atoms with Gasteiger partial charge in [0.2, 0.25) is 0 Å². The van der Waals surface area contributed by atoms with E-state index in [0.717, 1.165) is 17.5 Å². The number of nitrogens with zero attached hydrogens (tertiary/aromatic N) is 1. The smallest absolute Gasteiger partial charge is 0.0320 e. The van der Waals surface area contributed by atoms with Gasteiger partial charge in [0.25, 0.3) is 0 Å². The summed E-state index contributed by atoms with van der Waals surface area (Å²) in [5.74, 6) is 1.66. The Bertz CT molecular complexity index is 373. The van der Waals surface area contributed by atoms with Gasteiger partial charge in [-0.2, -0.15) is 0 Å². The molecule has 1 heterocycles. The summed E-state index contributed by atoms with van der Waals surface area (Å²) in [5, 5.41) is 0. The molecule has 2 N–H and O–H groups in total. The van der Waals surface area contributed by atoms with Crippen molar-refractivity contribution in [3.63, 3.8) is 0 Å². The van der Waals surface area contributed by atoms with E-state index in [9.17, 15) is 0 Å². The van der Waals surface area contributed by atoms with Gasteiger partial charge < -0.3 is 5.73 Å². The summed E-state index contributed by atoms with van der Waals surface area (Å²) in [6.07, 6.45) is 1.34. The molecule has 17 heavy (non-hydrogen) atoms. The van der Waals surface area contributed by atoms with Crippen molar-refractivity contribution in [1.82, 2.24) is 4.90 Å². The summed E-state index contributed by atoms with van der Waals surface area (Å²) in [7, 11) is 0. The fourth-order valence-electron chi connectivity index (χ4n) is 2.74. The molecular weight excluding hydrogens is 208 g/mol. The number of benzene rings is 1. The minimum atomic E-state index is 0.488. The molecule has 1 aliphatic heterocycles. The highest BCUT2D eigenvalue weighted by Gasteiger charge is 2.28. The van der Waals surface area contributed by atoms with E-state index in [-0.39, 0.29) is 0 Å². The predicted octanol–water partition coefficient (Wildman–Crippen LogP) is 3.31. The highest BCUT2D eigenvalue weighted by atomic mass is 15.2. The van der Waals surface area contributed by atoms with Gasteiger partial charge in [-0.25, -0.2) is 0 Å². The third kappa shape index (κ3) is 2.81. The van der Waals surface area contributed by atoms with Crippen LogP contribution < -0.4 is 5.73 Å². The zero-order valence-corrected chi connectivity index (χ0v) is 11.2. The fraction of sp³-hybridized carbons (Fsp3) is 0.600. The van der Waals surface area contributed by atoms with E-state index < -0.39 is 0 Å². The van der Waals surface area contributed by atoms with E-state index in [4.69, 9.17) is 5.73 Å². The number of rotatable bonds is 3. The Morgan fingerprint density at radius 2 is 2.06 bits per heavy atom. The summed E-state index contributed by atoms with van der Waals surface area (Å²) >= 11 is 0. The predicted molar refractivity (Wildman–Crippen MR) is 73.8 cm³/mol. The van der Waals surface area contributed by atoms with Gasteiger partial charge in [-0.05, 0) is 49.4 Å². The van der Waals surface area contributed by atoms with E-state index in [0.29, 0.717) is 6.04 Å². The number of hydrogen-bond acceptors (Lipinski definition) is 2. The zero-order valence-electron chi connectivity index (χ0n) is 11.2. The molecule has 0 aromatic heterocycles. The minimum absolute atomic E-state index is 0.488. The Balaban J connectivity index is 2.04. The lowest BCUT2D eigenvalue weighted by molar-refractivity contribution is 0.242. The van der Waals surface area contributed by atoms with Crippen LogP contribution in [0.1, 0.15) is 38.8 Å². The van der Waals surface area contributed by atoms with Crippen molar-refractivity contribution in [2.75, 3.05) is 18.8 Å². The van der Waals surface area contributed by atoms with Crippen LogP contribution in [0.2, 0.25) is 0 Å². The van der Waals surface area contributed by atoms with Crippen LogP contribution in [0.3, 0.4) is 0 Å². The van der Waals surface area contributed by atoms with Crippen molar-refractivity contribution < 1.29 is 0 Å². The molecule has 0 saturated carbocycles. The lowest BCUT2D eigenvalue weighted by atomic mass is 9.95. The van der Waals surface area contributed by atoms with Crippen LogP contribution >= 0.6 is 0 Å². The van der Waals surface area contributed by atoms with Gasteiger partial charge in [0.1, 0.15) is 0 Å². The van der Waals surface area contributed by atoms with E-state index in [1.807, 2.05) is 6.07 Å². The molecule has 1 aliphatic rings. The van der Waals surface area contributed by atoms with E-state index in [2.05, 4.69) is 43.9 Å². The first kappa shape index (κ1) is 12.4. The minimum Gasteiger partial charge on any atom is -0.399 e. The molecule has 0 bridgehead atoms. The Hall–Kier alpha value is -1.02. The van der Waals surface area contributed by atoms with Crippen molar-refractivity contribution in [2.24, 2.45) is 11.8 Å². The first-order valence-electron chi connectivity index (χ1n) is 6.67. The van der Waals surface area contributed by atoms with E-state index >= 15 is 0 Å². The second-order valence-electron chi connectivity index (χ2n) is 5.63. The van der Waals surface area contributed by atoms with Crippen molar-refractivity contribution >= 4 is 5.69 Å². The Labute approximate surface area is 105 Å². The second-order valence-corrected chi connectivity index (χ2v) is 5.63. The van der Waals surface area contributed by atoms with Gasteiger partial charge in [0.15, 0.2) is 0 Å². The summed E-state index contributed by atoms with van der Waals surface area (Å²) < 4.78 is 0. The third-order valence-corrected chi connectivity index (χ3v) is 4.14. The summed E-state index contributed by atoms with van der Waals surface area (Å²) in [6.45, 7) is 9.41. The number of nitrogen functional groups attached to an aromatic ring is 1. The summed E-state index contributed by atoms with van der Waals surface area (Å²) in [5.41, 5.74) is 8.06. The normalized spacial score (nSPS) is 23.2. The molecule has 1 aromatic rings. The van der Waals surface area contributed by atoms with Crippen molar-refractivity contribution in [1.29, 1.82) is 0 Å². The molecule has 2 atom stereocenters. The van der Waals surface area contributed by atoms with Crippen LogP contribution in [-0.4, -0.2) is 18.0 Å². The number of likely N-dealkylation sites (tertiary alicyclic amines) is 1. The van der Waals surface area contributed by atoms with Gasteiger partial charge in [0, 0.05) is 18.3 Å². The molecule has 0 spiro atoms. The highest BCUT2D eigenvalue weighted by molar-refractivity contribution is 5.41. The van der Waals surface area contributed by atoms with Crippen LogP contribution in [0.25, 0.3) is 0 Å². The molecule has 2 nitrogen and oxygen atoms in total. The third-order valence-electron chi connectivity index (χ3n) is 4.14. The molecule has 1 fully saturated rings. The monoisotopic (exact) mass is 232 g/mol. The number of anilines is 1. The number of hydrogen-bond donors (Lipinski definition) is 1. The molecular formula is C15H24N2. The first-order valence-corrected chi connectivity index (χ1v) is 6.67. The van der Waals surface area contributed by atoms with Gasteiger partial charge >= 0.3 is 0 Å².